The molecule has 1 aromatic carbocycles. The van der Waals surface area contributed by atoms with E-state index in [9.17, 15) is 0 Å². The first-order valence-corrected chi connectivity index (χ1v) is 6.98. The third kappa shape index (κ3) is 2.41. The van der Waals surface area contributed by atoms with Crippen LogP contribution in [0.4, 0.5) is 0 Å². The lowest BCUT2D eigenvalue weighted by molar-refractivity contribution is 0.452. The van der Waals surface area contributed by atoms with Crippen LogP contribution in [0.3, 0.4) is 0 Å². The zero-order valence-electron chi connectivity index (χ0n) is 11.6. The molecular weight excluding hydrogens is 222 g/mol. The number of hydrogen-bond donors (Lipinski definition) is 1. The van der Waals surface area contributed by atoms with E-state index in [1.54, 1.807) is 0 Å². The summed E-state index contributed by atoms with van der Waals surface area (Å²) in [4.78, 5) is 0. The van der Waals surface area contributed by atoms with Gasteiger partial charge >= 0.3 is 0 Å². The maximum atomic E-state index is 4.70. The summed E-state index contributed by atoms with van der Waals surface area (Å²) in [5.74, 6) is 0.632. The average molecular weight is 245 g/mol. The molecular formula is C15H23N3. The van der Waals surface area contributed by atoms with Crippen LogP contribution >= 0.6 is 0 Å². The third-order valence-electron chi connectivity index (χ3n) is 3.51. The van der Waals surface area contributed by atoms with Crippen molar-refractivity contribution < 1.29 is 0 Å². The van der Waals surface area contributed by atoms with Gasteiger partial charge in [-0.25, -0.2) is 0 Å². The number of nitrogens with zero attached hydrogens (tertiary/aromatic N) is 2. The Hall–Kier alpha value is -1.35. The van der Waals surface area contributed by atoms with Crippen molar-refractivity contribution in [2.24, 2.45) is 7.05 Å². The molecule has 1 aliphatic heterocycles. The van der Waals surface area contributed by atoms with Crippen molar-refractivity contribution in [3.05, 3.63) is 30.0 Å². The van der Waals surface area contributed by atoms with E-state index in [-0.39, 0.29) is 0 Å². The zero-order valence-corrected chi connectivity index (χ0v) is 11.6. The maximum absolute atomic E-state index is 4.70. The van der Waals surface area contributed by atoms with Gasteiger partial charge in [-0.1, -0.05) is 32.0 Å². The number of aryl methyl sites for hydroxylation is 1. The number of piperidine rings is 1. The van der Waals surface area contributed by atoms with E-state index >= 15 is 0 Å². The minimum atomic E-state index is 0.632. The van der Waals surface area contributed by atoms with Crippen molar-refractivity contribution in [1.82, 2.24) is 15.1 Å². The molecule has 0 amide bonds. The molecule has 2 aromatic rings. The highest BCUT2D eigenvalue weighted by Crippen LogP contribution is 2.30. The summed E-state index contributed by atoms with van der Waals surface area (Å²) in [5, 5.41) is 9.44. The molecule has 1 N–H and O–H groups in total. The summed E-state index contributed by atoms with van der Waals surface area (Å²) in [5.41, 5.74) is 2.54. The van der Waals surface area contributed by atoms with Gasteiger partial charge < -0.3 is 5.32 Å². The second kappa shape index (κ2) is 6.01. The van der Waals surface area contributed by atoms with Crippen LogP contribution in [0.25, 0.3) is 10.9 Å². The van der Waals surface area contributed by atoms with Crippen molar-refractivity contribution >= 4 is 10.9 Å². The predicted molar refractivity (Wildman–Crippen MR) is 76.9 cm³/mol. The van der Waals surface area contributed by atoms with Gasteiger partial charge in [-0.3, -0.25) is 4.68 Å². The molecule has 0 aliphatic carbocycles. The van der Waals surface area contributed by atoms with E-state index < -0.39 is 0 Å². The summed E-state index contributed by atoms with van der Waals surface area (Å²) < 4.78 is 2.01. The smallest absolute Gasteiger partial charge is 0.0735 e. The van der Waals surface area contributed by atoms with Crippen molar-refractivity contribution in [3.8, 4) is 0 Å². The van der Waals surface area contributed by atoms with Crippen LogP contribution in [-0.2, 0) is 7.05 Å². The molecule has 1 aromatic heterocycles. The highest BCUT2D eigenvalue weighted by molar-refractivity contribution is 5.82. The Morgan fingerprint density at radius 2 is 1.83 bits per heavy atom. The van der Waals surface area contributed by atoms with E-state index in [1.165, 1.54) is 29.4 Å². The Bertz CT molecular complexity index is 495. The summed E-state index contributed by atoms with van der Waals surface area (Å²) in [6.45, 7) is 6.24. The molecule has 1 fully saturated rings. The van der Waals surface area contributed by atoms with Gasteiger partial charge in [-0.2, -0.15) is 5.10 Å². The largest absolute Gasteiger partial charge is 0.317 e. The van der Waals surface area contributed by atoms with E-state index in [1.807, 2.05) is 25.6 Å². The van der Waals surface area contributed by atoms with Gasteiger partial charge in [0, 0.05) is 18.4 Å². The van der Waals surface area contributed by atoms with Crippen molar-refractivity contribution in [2.75, 3.05) is 13.1 Å². The highest BCUT2D eigenvalue weighted by Gasteiger charge is 2.20. The summed E-state index contributed by atoms with van der Waals surface area (Å²) >= 11 is 0. The van der Waals surface area contributed by atoms with Crippen molar-refractivity contribution in [1.29, 1.82) is 0 Å². The fraction of sp³-hybridized carbons (Fsp3) is 0.533. The van der Waals surface area contributed by atoms with Gasteiger partial charge in [0.1, 0.15) is 0 Å². The van der Waals surface area contributed by atoms with E-state index in [0.717, 1.165) is 13.1 Å². The van der Waals surface area contributed by atoms with Gasteiger partial charge in [0.25, 0.3) is 0 Å². The number of nitrogens with one attached hydrogen (secondary N) is 1. The van der Waals surface area contributed by atoms with Gasteiger partial charge in [0.2, 0.25) is 0 Å². The lowest BCUT2D eigenvalue weighted by Crippen LogP contribution is -2.26. The van der Waals surface area contributed by atoms with Gasteiger partial charge in [0.05, 0.1) is 11.2 Å². The van der Waals surface area contributed by atoms with Gasteiger partial charge in [0.15, 0.2) is 0 Å². The molecule has 3 heteroatoms. The first-order valence-electron chi connectivity index (χ1n) is 6.98. The molecule has 98 valence electrons. The van der Waals surface area contributed by atoms with Crippen LogP contribution in [0.2, 0.25) is 0 Å². The highest BCUT2D eigenvalue weighted by atomic mass is 15.3. The van der Waals surface area contributed by atoms with Crippen LogP contribution in [0.15, 0.2) is 24.3 Å². The lowest BCUT2D eigenvalue weighted by Gasteiger charge is -2.21. The summed E-state index contributed by atoms with van der Waals surface area (Å²) in [7, 11) is 2.03. The van der Waals surface area contributed by atoms with Crippen molar-refractivity contribution in [2.45, 2.75) is 32.6 Å². The first-order chi connectivity index (χ1) is 8.86. The maximum Gasteiger partial charge on any atom is 0.0735 e. The van der Waals surface area contributed by atoms with Crippen LogP contribution in [0.1, 0.15) is 38.3 Å². The van der Waals surface area contributed by atoms with Gasteiger partial charge in [-0.15, -0.1) is 0 Å². The lowest BCUT2D eigenvalue weighted by atomic mass is 9.93. The van der Waals surface area contributed by atoms with E-state index in [0.29, 0.717) is 5.92 Å². The Labute approximate surface area is 109 Å². The standard InChI is InChI=1S/C13H17N3.C2H6/c1-16-12-5-3-2-4-11(12)13(15-16)10-6-8-14-9-7-10;1-2/h2-5,10,14H,6-9H2,1H3;1-2H3. The van der Waals surface area contributed by atoms with Crippen LogP contribution < -0.4 is 5.32 Å². The molecule has 1 saturated heterocycles. The fourth-order valence-electron chi connectivity index (χ4n) is 2.64. The molecule has 0 unspecified atom stereocenters. The first kappa shape index (κ1) is 13.1. The average Bonchev–Trinajstić information content (AvgIpc) is 2.80. The molecule has 2 heterocycles. The molecule has 0 radical (unpaired) electrons. The molecule has 0 saturated carbocycles. The van der Waals surface area contributed by atoms with Crippen LogP contribution in [-0.4, -0.2) is 22.9 Å². The predicted octanol–water partition coefficient (Wildman–Crippen LogP) is 3.07. The molecule has 18 heavy (non-hydrogen) atoms. The number of hydrogen-bond acceptors (Lipinski definition) is 2. The number of aromatic nitrogens is 2. The Balaban J connectivity index is 0.000000574. The second-order valence-corrected chi connectivity index (χ2v) is 4.55. The number of fused-ring (bicyclic) bond motifs is 1. The molecule has 0 atom stereocenters. The number of para-hydroxylation sites is 1. The second-order valence-electron chi connectivity index (χ2n) is 4.55. The minimum Gasteiger partial charge on any atom is -0.317 e. The third-order valence-corrected chi connectivity index (χ3v) is 3.51. The summed E-state index contributed by atoms with van der Waals surface area (Å²) in [6.07, 6.45) is 2.42. The van der Waals surface area contributed by atoms with Crippen LogP contribution in [0, 0.1) is 0 Å². The minimum absolute atomic E-state index is 0.632. The number of benzene rings is 1. The normalized spacial score (nSPS) is 16.4. The van der Waals surface area contributed by atoms with Crippen molar-refractivity contribution in [3.63, 3.8) is 0 Å². The fourth-order valence-corrected chi connectivity index (χ4v) is 2.64. The monoisotopic (exact) mass is 245 g/mol. The van der Waals surface area contributed by atoms with Crippen LogP contribution in [0.5, 0.6) is 0 Å². The molecule has 0 bridgehead atoms. The molecule has 3 rings (SSSR count). The SMILES string of the molecule is CC.Cn1nc(C2CCNCC2)c2ccccc21. The zero-order chi connectivity index (χ0) is 13.0. The molecule has 3 nitrogen and oxygen atoms in total. The molecule has 1 aliphatic rings. The Kier molecular flexibility index (Phi) is 4.37. The molecule has 0 spiro atoms. The van der Waals surface area contributed by atoms with E-state index in [2.05, 4.69) is 29.6 Å². The topological polar surface area (TPSA) is 29.9 Å². The van der Waals surface area contributed by atoms with E-state index in [4.69, 9.17) is 5.10 Å². The van der Waals surface area contributed by atoms with Gasteiger partial charge in [-0.05, 0) is 32.0 Å². The summed E-state index contributed by atoms with van der Waals surface area (Å²) in [6, 6.07) is 8.53. The Morgan fingerprint density at radius 1 is 1.17 bits per heavy atom. The quantitative estimate of drug-likeness (QED) is 0.837. The number of rotatable bonds is 1. The Morgan fingerprint density at radius 3 is 2.56 bits per heavy atom.